The van der Waals surface area contributed by atoms with Crippen molar-refractivity contribution in [3.05, 3.63) is 54.3 Å². The molecule has 0 aromatic heterocycles. The van der Waals surface area contributed by atoms with Gasteiger partial charge in [0.1, 0.15) is 11.2 Å². The summed E-state index contributed by atoms with van der Waals surface area (Å²) in [6, 6.07) is 12.0. The van der Waals surface area contributed by atoms with Gasteiger partial charge in [0.2, 0.25) is 17.7 Å². The Labute approximate surface area is 150 Å². The van der Waals surface area contributed by atoms with Crippen LogP contribution >= 0.6 is 0 Å². The van der Waals surface area contributed by atoms with Crippen molar-refractivity contribution in [3.63, 3.8) is 0 Å². The first-order valence-electron chi connectivity index (χ1n) is 7.94. The Morgan fingerprint density at radius 3 is 1.77 bits per heavy atom. The van der Waals surface area contributed by atoms with Crippen molar-refractivity contribution in [1.29, 1.82) is 0 Å². The van der Waals surface area contributed by atoms with Gasteiger partial charge in [0.15, 0.2) is 0 Å². The Morgan fingerprint density at radius 2 is 1.27 bits per heavy atom. The minimum atomic E-state index is -1.41. The second-order valence-electron chi connectivity index (χ2n) is 6.31. The smallest absolute Gasteiger partial charge is 0.239 e. The SMILES string of the molecule is CC(=O)Nc1cccc(NC(=O)C(C)(C)C(=O)Nc2cccc(F)c2)c1. The number of benzene rings is 2. The van der Waals surface area contributed by atoms with Gasteiger partial charge in [-0.3, -0.25) is 14.4 Å². The average molecular weight is 357 g/mol. The first-order chi connectivity index (χ1) is 12.2. The number of carbonyl (C=O) groups excluding carboxylic acids is 3. The molecule has 0 heterocycles. The average Bonchev–Trinajstić information content (AvgIpc) is 2.54. The van der Waals surface area contributed by atoms with E-state index >= 15 is 0 Å². The summed E-state index contributed by atoms with van der Waals surface area (Å²) in [7, 11) is 0. The fourth-order valence-corrected chi connectivity index (χ4v) is 2.12. The van der Waals surface area contributed by atoms with E-state index in [1.165, 1.54) is 45.0 Å². The molecule has 0 aliphatic rings. The molecular weight excluding hydrogens is 337 g/mol. The molecule has 0 unspecified atom stereocenters. The molecule has 2 aromatic carbocycles. The molecule has 0 radical (unpaired) electrons. The van der Waals surface area contributed by atoms with Crippen LogP contribution in [0, 0.1) is 11.2 Å². The number of amides is 3. The van der Waals surface area contributed by atoms with Crippen LogP contribution in [-0.4, -0.2) is 17.7 Å². The predicted octanol–water partition coefficient (Wildman–Crippen LogP) is 3.39. The third-order valence-electron chi connectivity index (χ3n) is 3.66. The van der Waals surface area contributed by atoms with Crippen molar-refractivity contribution in [2.24, 2.45) is 5.41 Å². The van der Waals surface area contributed by atoms with E-state index in [1.54, 1.807) is 24.3 Å². The third-order valence-corrected chi connectivity index (χ3v) is 3.66. The van der Waals surface area contributed by atoms with Gasteiger partial charge in [-0.25, -0.2) is 4.39 Å². The molecule has 3 N–H and O–H groups in total. The largest absolute Gasteiger partial charge is 0.326 e. The maximum atomic E-state index is 13.2. The molecule has 3 amide bonds. The number of hydrogen-bond donors (Lipinski definition) is 3. The van der Waals surface area contributed by atoms with Crippen LogP contribution in [0.5, 0.6) is 0 Å². The van der Waals surface area contributed by atoms with Crippen LogP contribution in [0.25, 0.3) is 0 Å². The van der Waals surface area contributed by atoms with E-state index in [-0.39, 0.29) is 11.6 Å². The zero-order valence-electron chi connectivity index (χ0n) is 14.7. The predicted molar refractivity (Wildman–Crippen MR) is 98.2 cm³/mol. The van der Waals surface area contributed by atoms with Crippen LogP contribution < -0.4 is 16.0 Å². The second-order valence-corrected chi connectivity index (χ2v) is 6.31. The summed E-state index contributed by atoms with van der Waals surface area (Å²) in [4.78, 5) is 36.1. The highest BCUT2D eigenvalue weighted by Crippen LogP contribution is 2.23. The monoisotopic (exact) mass is 357 g/mol. The lowest BCUT2D eigenvalue weighted by Crippen LogP contribution is -2.41. The van der Waals surface area contributed by atoms with Crippen molar-refractivity contribution in [2.45, 2.75) is 20.8 Å². The summed E-state index contributed by atoms with van der Waals surface area (Å²) in [6.45, 7) is 4.31. The molecule has 6 nitrogen and oxygen atoms in total. The standard InChI is InChI=1S/C19H20FN3O3/c1-12(24)21-15-8-5-9-16(11-15)23-18(26)19(2,3)17(25)22-14-7-4-6-13(20)10-14/h4-11H,1-3H3,(H,21,24)(H,22,25)(H,23,26). The van der Waals surface area contributed by atoms with Gasteiger partial charge in [0.05, 0.1) is 0 Å². The molecule has 0 spiro atoms. The minimum absolute atomic E-state index is 0.233. The highest BCUT2D eigenvalue weighted by atomic mass is 19.1. The Morgan fingerprint density at radius 1 is 0.808 bits per heavy atom. The van der Waals surface area contributed by atoms with Gasteiger partial charge >= 0.3 is 0 Å². The van der Waals surface area contributed by atoms with E-state index in [9.17, 15) is 18.8 Å². The molecular formula is C19H20FN3O3. The van der Waals surface area contributed by atoms with E-state index in [1.807, 2.05) is 0 Å². The summed E-state index contributed by atoms with van der Waals surface area (Å²) >= 11 is 0. The Kier molecular flexibility index (Phi) is 5.71. The molecule has 0 fully saturated rings. The van der Waals surface area contributed by atoms with E-state index in [2.05, 4.69) is 16.0 Å². The molecule has 0 saturated carbocycles. The first-order valence-corrected chi connectivity index (χ1v) is 7.94. The lowest BCUT2D eigenvalue weighted by molar-refractivity contribution is -0.135. The molecule has 0 bridgehead atoms. The quantitative estimate of drug-likeness (QED) is 0.717. The number of halogens is 1. The van der Waals surface area contributed by atoms with E-state index in [0.717, 1.165) is 0 Å². The van der Waals surface area contributed by atoms with Crippen molar-refractivity contribution in [1.82, 2.24) is 0 Å². The summed E-state index contributed by atoms with van der Waals surface area (Å²) < 4.78 is 13.2. The molecule has 2 aromatic rings. The zero-order valence-corrected chi connectivity index (χ0v) is 14.7. The van der Waals surface area contributed by atoms with Gasteiger partial charge in [0.25, 0.3) is 0 Å². The number of nitrogens with one attached hydrogen (secondary N) is 3. The summed E-state index contributed by atoms with van der Waals surface area (Å²) in [5, 5.41) is 7.79. The lowest BCUT2D eigenvalue weighted by Gasteiger charge is -2.23. The van der Waals surface area contributed by atoms with Crippen LogP contribution in [0.3, 0.4) is 0 Å². The molecule has 0 aliphatic heterocycles. The molecule has 7 heteroatoms. The molecule has 136 valence electrons. The van der Waals surface area contributed by atoms with Crippen molar-refractivity contribution >= 4 is 34.8 Å². The van der Waals surface area contributed by atoms with Crippen LogP contribution in [0.4, 0.5) is 21.5 Å². The fourth-order valence-electron chi connectivity index (χ4n) is 2.12. The van der Waals surface area contributed by atoms with Gasteiger partial charge in [-0.05, 0) is 50.2 Å². The van der Waals surface area contributed by atoms with Gasteiger partial charge in [0, 0.05) is 24.0 Å². The Balaban J connectivity index is 2.09. The maximum absolute atomic E-state index is 13.2. The number of rotatable bonds is 5. The van der Waals surface area contributed by atoms with Gasteiger partial charge in [-0.2, -0.15) is 0 Å². The molecule has 0 atom stereocenters. The van der Waals surface area contributed by atoms with Crippen molar-refractivity contribution in [2.75, 3.05) is 16.0 Å². The summed E-state index contributed by atoms with van der Waals surface area (Å²) in [6.07, 6.45) is 0. The van der Waals surface area contributed by atoms with Crippen LogP contribution in [0.15, 0.2) is 48.5 Å². The van der Waals surface area contributed by atoms with Gasteiger partial charge < -0.3 is 16.0 Å². The Hall–Kier alpha value is -3.22. The Bertz CT molecular complexity index is 849. The van der Waals surface area contributed by atoms with E-state index in [4.69, 9.17) is 0 Å². The summed E-state index contributed by atoms with van der Waals surface area (Å²) in [5.41, 5.74) is -0.176. The van der Waals surface area contributed by atoms with Gasteiger partial charge in [-0.1, -0.05) is 12.1 Å². The molecule has 26 heavy (non-hydrogen) atoms. The number of anilines is 3. The topological polar surface area (TPSA) is 87.3 Å². The van der Waals surface area contributed by atoms with Crippen molar-refractivity contribution in [3.8, 4) is 0 Å². The molecule has 2 rings (SSSR count). The first kappa shape index (κ1) is 19.1. The summed E-state index contributed by atoms with van der Waals surface area (Å²) in [5.74, 6) is -1.83. The number of carbonyl (C=O) groups is 3. The van der Waals surface area contributed by atoms with Crippen molar-refractivity contribution < 1.29 is 18.8 Å². The lowest BCUT2D eigenvalue weighted by atomic mass is 9.90. The normalized spacial score (nSPS) is 10.8. The van der Waals surface area contributed by atoms with Crippen LogP contribution in [-0.2, 0) is 14.4 Å². The highest BCUT2D eigenvalue weighted by Gasteiger charge is 2.36. The number of hydrogen-bond acceptors (Lipinski definition) is 3. The molecule has 0 aliphatic carbocycles. The second kappa shape index (κ2) is 7.77. The maximum Gasteiger partial charge on any atom is 0.239 e. The minimum Gasteiger partial charge on any atom is -0.326 e. The van der Waals surface area contributed by atoms with Crippen LogP contribution in [0.1, 0.15) is 20.8 Å². The fraction of sp³-hybridized carbons (Fsp3) is 0.211. The zero-order chi connectivity index (χ0) is 19.3. The molecule has 0 saturated heterocycles. The van der Waals surface area contributed by atoms with E-state index < -0.39 is 23.0 Å². The van der Waals surface area contributed by atoms with E-state index in [0.29, 0.717) is 11.4 Å². The third kappa shape index (κ3) is 4.89. The highest BCUT2D eigenvalue weighted by molar-refractivity contribution is 6.14. The van der Waals surface area contributed by atoms with Crippen LogP contribution in [0.2, 0.25) is 0 Å². The van der Waals surface area contributed by atoms with Gasteiger partial charge in [-0.15, -0.1) is 0 Å².